The Morgan fingerprint density at radius 2 is 2.03 bits per heavy atom. The Balaban J connectivity index is 1.45. The van der Waals surface area contributed by atoms with Gasteiger partial charge in [0, 0.05) is 51.4 Å². The summed E-state index contributed by atoms with van der Waals surface area (Å²) >= 11 is 0. The zero-order chi connectivity index (χ0) is 20.5. The van der Waals surface area contributed by atoms with Crippen LogP contribution in [0.3, 0.4) is 0 Å². The van der Waals surface area contributed by atoms with Crippen molar-refractivity contribution in [3.63, 3.8) is 0 Å². The number of benzene rings is 1. The number of nitrogens with one attached hydrogen (secondary N) is 2. The monoisotopic (exact) mass is 402 g/mol. The van der Waals surface area contributed by atoms with Crippen LogP contribution in [0.5, 0.6) is 0 Å². The minimum atomic E-state index is 0.0135. The predicted octanol–water partition coefficient (Wildman–Crippen LogP) is 2.52. The minimum absolute atomic E-state index is 0.0135. The highest BCUT2D eigenvalue weighted by molar-refractivity contribution is 5.79. The Morgan fingerprint density at radius 1 is 1.24 bits per heavy atom. The summed E-state index contributed by atoms with van der Waals surface area (Å²) < 4.78 is 5.57. The summed E-state index contributed by atoms with van der Waals surface area (Å²) in [6.45, 7) is 7.79. The Labute approximate surface area is 175 Å². The van der Waals surface area contributed by atoms with Crippen molar-refractivity contribution in [1.29, 1.82) is 0 Å². The lowest BCUT2D eigenvalue weighted by molar-refractivity contribution is 0.127. The number of piperidine rings is 1. The molecular weight excluding hydrogens is 364 g/mol. The van der Waals surface area contributed by atoms with Gasteiger partial charge < -0.3 is 20.5 Å². The number of ether oxygens (including phenoxy) is 1. The van der Waals surface area contributed by atoms with Gasteiger partial charge in [-0.3, -0.25) is 9.89 Å². The third-order valence-electron chi connectivity index (χ3n) is 6.49. The van der Waals surface area contributed by atoms with E-state index in [1.165, 1.54) is 36.9 Å². The van der Waals surface area contributed by atoms with E-state index in [1.54, 1.807) is 7.05 Å². The van der Waals surface area contributed by atoms with Crippen LogP contribution in [0.1, 0.15) is 50.2 Å². The SMILES string of the molecule is CN=C(NCc1ccc(CN2CCCCC2C)cc1)NCC1(CCO)CCOC1. The highest BCUT2D eigenvalue weighted by Gasteiger charge is 2.34. The Hall–Kier alpha value is -1.63. The lowest BCUT2D eigenvalue weighted by Gasteiger charge is -2.33. The highest BCUT2D eigenvalue weighted by Crippen LogP contribution is 2.31. The number of likely N-dealkylation sites (tertiary alicyclic amines) is 1. The molecule has 2 aliphatic heterocycles. The van der Waals surface area contributed by atoms with Crippen LogP contribution >= 0.6 is 0 Å². The molecule has 0 radical (unpaired) electrons. The molecule has 0 amide bonds. The number of aliphatic hydroxyl groups is 1. The van der Waals surface area contributed by atoms with Gasteiger partial charge in [-0.05, 0) is 50.3 Å². The third kappa shape index (κ3) is 6.43. The fourth-order valence-corrected chi connectivity index (χ4v) is 4.38. The van der Waals surface area contributed by atoms with Crippen LogP contribution in [0.4, 0.5) is 0 Å². The molecule has 2 fully saturated rings. The maximum absolute atomic E-state index is 9.37. The first-order valence-electron chi connectivity index (χ1n) is 11.1. The van der Waals surface area contributed by atoms with Crippen molar-refractivity contribution in [3.05, 3.63) is 35.4 Å². The van der Waals surface area contributed by atoms with Gasteiger partial charge in [-0.25, -0.2) is 0 Å². The van der Waals surface area contributed by atoms with Crippen LogP contribution in [0, 0.1) is 5.41 Å². The molecule has 6 heteroatoms. The summed E-state index contributed by atoms with van der Waals surface area (Å²) in [6.07, 6.45) is 5.75. The first kappa shape index (κ1) is 22.1. The number of nitrogens with zero attached hydrogens (tertiary/aromatic N) is 2. The average molecular weight is 403 g/mol. The molecule has 29 heavy (non-hydrogen) atoms. The van der Waals surface area contributed by atoms with E-state index in [0.29, 0.717) is 12.6 Å². The summed E-state index contributed by atoms with van der Waals surface area (Å²) in [5.74, 6) is 0.792. The van der Waals surface area contributed by atoms with Crippen LogP contribution in [0.15, 0.2) is 29.3 Å². The van der Waals surface area contributed by atoms with Crippen molar-refractivity contribution < 1.29 is 9.84 Å². The maximum atomic E-state index is 9.37. The molecule has 1 aromatic rings. The van der Waals surface area contributed by atoms with Gasteiger partial charge >= 0.3 is 0 Å². The van der Waals surface area contributed by atoms with E-state index in [1.807, 2.05) is 0 Å². The molecule has 2 saturated heterocycles. The first-order chi connectivity index (χ1) is 14.1. The lowest BCUT2D eigenvalue weighted by Crippen LogP contribution is -2.44. The zero-order valence-electron chi connectivity index (χ0n) is 18.1. The normalized spacial score (nSPS) is 25.9. The zero-order valence-corrected chi connectivity index (χ0v) is 18.1. The van der Waals surface area contributed by atoms with E-state index in [4.69, 9.17) is 4.74 Å². The third-order valence-corrected chi connectivity index (χ3v) is 6.49. The van der Waals surface area contributed by atoms with E-state index >= 15 is 0 Å². The largest absolute Gasteiger partial charge is 0.396 e. The van der Waals surface area contributed by atoms with Gasteiger partial charge in [0.05, 0.1) is 6.61 Å². The molecule has 0 spiro atoms. The summed E-state index contributed by atoms with van der Waals surface area (Å²) in [5.41, 5.74) is 2.65. The summed E-state index contributed by atoms with van der Waals surface area (Å²) in [5, 5.41) is 16.2. The second-order valence-electron chi connectivity index (χ2n) is 8.69. The van der Waals surface area contributed by atoms with Gasteiger partial charge in [-0.1, -0.05) is 30.7 Å². The molecule has 3 rings (SSSR count). The number of hydrogen-bond acceptors (Lipinski definition) is 4. The van der Waals surface area contributed by atoms with Crippen LogP contribution in [-0.4, -0.2) is 62.0 Å². The van der Waals surface area contributed by atoms with Crippen molar-refractivity contribution in [2.45, 2.75) is 58.2 Å². The van der Waals surface area contributed by atoms with Gasteiger partial charge in [0.25, 0.3) is 0 Å². The molecule has 2 heterocycles. The van der Waals surface area contributed by atoms with E-state index in [0.717, 1.165) is 45.0 Å². The van der Waals surface area contributed by atoms with Crippen molar-refractivity contribution in [1.82, 2.24) is 15.5 Å². The second-order valence-corrected chi connectivity index (χ2v) is 8.69. The molecule has 2 aliphatic rings. The quantitative estimate of drug-likeness (QED) is 0.460. The second kappa shape index (κ2) is 11.0. The number of aliphatic imine (C=N–C) groups is 1. The number of guanidine groups is 1. The van der Waals surface area contributed by atoms with E-state index in [2.05, 4.69) is 51.7 Å². The smallest absolute Gasteiger partial charge is 0.191 e. The fourth-order valence-electron chi connectivity index (χ4n) is 4.38. The van der Waals surface area contributed by atoms with Crippen molar-refractivity contribution in [2.75, 3.05) is 40.0 Å². The molecule has 0 bridgehead atoms. The Morgan fingerprint density at radius 3 is 2.69 bits per heavy atom. The van der Waals surface area contributed by atoms with Crippen molar-refractivity contribution in [3.8, 4) is 0 Å². The maximum Gasteiger partial charge on any atom is 0.191 e. The van der Waals surface area contributed by atoms with E-state index in [-0.39, 0.29) is 12.0 Å². The first-order valence-corrected chi connectivity index (χ1v) is 11.1. The molecule has 0 saturated carbocycles. The molecule has 0 aliphatic carbocycles. The topological polar surface area (TPSA) is 69.1 Å². The molecule has 3 N–H and O–H groups in total. The number of aliphatic hydroxyl groups excluding tert-OH is 1. The van der Waals surface area contributed by atoms with Crippen LogP contribution in [0.25, 0.3) is 0 Å². The van der Waals surface area contributed by atoms with Gasteiger partial charge in [-0.2, -0.15) is 0 Å². The number of hydrogen-bond donors (Lipinski definition) is 3. The van der Waals surface area contributed by atoms with E-state index in [9.17, 15) is 5.11 Å². The number of rotatable bonds is 8. The van der Waals surface area contributed by atoms with Gasteiger partial charge in [0.1, 0.15) is 0 Å². The molecule has 6 nitrogen and oxygen atoms in total. The van der Waals surface area contributed by atoms with Gasteiger partial charge in [0.2, 0.25) is 0 Å². The molecular formula is C23H38N4O2. The van der Waals surface area contributed by atoms with Crippen molar-refractivity contribution >= 4 is 5.96 Å². The Kier molecular flexibility index (Phi) is 8.33. The molecule has 0 aromatic heterocycles. The predicted molar refractivity (Wildman–Crippen MR) is 118 cm³/mol. The highest BCUT2D eigenvalue weighted by atomic mass is 16.5. The summed E-state index contributed by atoms with van der Waals surface area (Å²) in [4.78, 5) is 6.94. The summed E-state index contributed by atoms with van der Waals surface area (Å²) in [7, 11) is 1.79. The van der Waals surface area contributed by atoms with Crippen LogP contribution in [-0.2, 0) is 17.8 Å². The summed E-state index contributed by atoms with van der Waals surface area (Å²) in [6, 6.07) is 9.62. The van der Waals surface area contributed by atoms with Crippen LogP contribution < -0.4 is 10.6 Å². The standard InChI is InChI=1S/C23H38N4O2/c1-19-5-3-4-12-27(19)16-21-8-6-20(7-9-21)15-25-22(24-2)26-17-23(10-13-28)11-14-29-18-23/h6-9,19,28H,3-5,10-18H2,1-2H3,(H2,24,25,26). The lowest BCUT2D eigenvalue weighted by atomic mass is 9.84. The molecule has 2 atom stereocenters. The Bertz CT molecular complexity index is 641. The van der Waals surface area contributed by atoms with Gasteiger partial charge in [-0.15, -0.1) is 0 Å². The molecule has 162 valence electrons. The van der Waals surface area contributed by atoms with Gasteiger partial charge in [0.15, 0.2) is 5.96 Å². The molecule has 2 unspecified atom stereocenters. The van der Waals surface area contributed by atoms with Crippen LogP contribution in [0.2, 0.25) is 0 Å². The molecule has 1 aromatic carbocycles. The van der Waals surface area contributed by atoms with E-state index < -0.39 is 0 Å². The minimum Gasteiger partial charge on any atom is -0.396 e. The average Bonchev–Trinajstić information content (AvgIpc) is 3.20. The van der Waals surface area contributed by atoms with Crippen molar-refractivity contribution in [2.24, 2.45) is 10.4 Å². The fraction of sp³-hybridized carbons (Fsp3) is 0.696.